The summed E-state index contributed by atoms with van der Waals surface area (Å²) in [6, 6.07) is 7.63. The molecule has 0 bridgehead atoms. The molecule has 1 fully saturated rings. The minimum Gasteiger partial charge on any atom is -0.459 e. The highest BCUT2D eigenvalue weighted by atomic mass is 35.5. The SMILES string of the molecule is O=C(NNC(=O)c1ccco1)c1ccc(Cl)c(N2CCCC2=O)c1. The van der Waals surface area contributed by atoms with E-state index in [-0.39, 0.29) is 17.2 Å². The van der Waals surface area contributed by atoms with Crippen molar-refractivity contribution in [3.05, 3.63) is 52.9 Å². The number of nitrogens with one attached hydrogen (secondary N) is 2. The van der Waals surface area contributed by atoms with Gasteiger partial charge >= 0.3 is 5.91 Å². The smallest absolute Gasteiger partial charge is 0.305 e. The first-order chi connectivity index (χ1) is 11.6. The van der Waals surface area contributed by atoms with Crippen LogP contribution in [0.4, 0.5) is 5.69 Å². The van der Waals surface area contributed by atoms with Gasteiger partial charge in [-0.15, -0.1) is 0 Å². The summed E-state index contributed by atoms with van der Waals surface area (Å²) in [6.07, 6.45) is 2.58. The quantitative estimate of drug-likeness (QED) is 0.832. The summed E-state index contributed by atoms with van der Waals surface area (Å²) in [4.78, 5) is 37.3. The lowest BCUT2D eigenvalue weighted by Gasteiger charge is -2.18. The van der Waals surface area contributed by atoms with Crippen LogP contribution in [0.3, 0.4) is 0 Å². The minimum absolute atomic E-state index is 0.0272. The lowest BCUT2D eigenvalue weighted by molar-refractivity contribution is -0.117. The number of hydrogen-bond acceptors (Lipinski definition) is 4. The number of carbonyl (C=O) groups excluding carboxylic acids is 3. The first-order valence-electron chi connectivity index (χ1n) is 7.30. The van der Waals surface area contributed by atoms with Crippen LogP contribution in [0.2, 0.25) is 5.02 Å². The Balaban J connectivity index is 1.71. The Labute approximate surface area is 142 Å². The normalized spacial score (nSPS) is 13.9. The van der Waals surface area contributed by atoms with Crippen LogP contribution in [0.25, 0.3) is 0 Å². The molecule has 0 atom stereocenters. The average Bonchev–Trinajstić information content (AvgIpc) is 3.24. The molecule has 2 N–H and O–H groups in total. The predicted octanol–water partition coefficient (Wildman–Crippen LogP) is 2.13. The third kappa shape index (κ3) is 3.26. The Morgan fingerprint density at radius 1 is 1.17 bits per heavy atom. The van der Waals surface area contributed by atoms with Crippen molar-refractivity contribution in [2.45, 2.75) is 12.8 Å². The van der Waals surface area contributed by atoms with Gasteiger partial charge in [0.2, 0.25) is 5.91 Å². The van der Waals surface area contributed by atoms with E-state index in [1.54, 1.807) is 17.0 Å². The van der Waals surface area contributed by atoms with E-state index >= 15 is 0 Å². The van der Waals surface area contributed by atoms with Crippen molar-refractivity contribution < 1.29 is 18.8 Å². The van der Waals surface area contributed by atoms with Crippen LogP contribution in [0.1, 0.15) is 33.8 Å². The molecule has 3 amide bonds. The number of hydrogen-bond donors (Lipinski definition) is 2. The summed E-state index contributed by atoms with van der Waals surface area (Å²) in [6.45, 7) is 0.568. The van der Waals surface area contributed by atoms with Crippen LogP contribution in [-0.2, 0) is 4.79 Å². The van der Waals surface area contributed by atoms with Gasteiger partial charge in [-0.2, -0.15) is 0 Å². The number of benzene rings is 1. The Hall–Kier alpha value is -2.80. The van der Waals surface area contributed by atoms with Gasteiger partial charge in [-0.1, -0.05) is 11.6 Å². The molecular formula is C16H14ClN3O4. The number of anilines is 1. The van der Waals surface area contributed by atoms with E-state index in [9.17, 15) is 14.4 Å². The second-order valence-corrected chi connectivity index (χ2v) is 5.61. The van der Waals surface area contributed by atoms with Gasteiger partial charge in [0.15, 0.2) is 5.76 Å². The van der Waals surface area contributed by atoms with Gasteiger partial charge in [-0.05, 0) is 36.8 Å². The van der Waals surface area contributed by atoms with Crippen LogP contribution in [0, 0.1) is 0 Å². The second-order valence-electron chi connectivity index (χ2n) is 5.20. The number of amides is 3. The molecule has 1 aliphatic rings. The zero-order chi connectivity index (χ0) is 17.1. The van der Waals surface area contributed by atoms with Crippen LogP contribution in [0.15, 0.2) is 41.0 Å². The van der Waals surface area contributed by atoms with E-state index < -0.39 is 11.8 Å². The van der Waals surface area contributed by atoms with Crippen molar-refractivity contribution in [2.24, 2.45) is 0 Å². The summed E-state index contributed by atoms with van der Waals surface area (Å²) in [5.41, 5.74) is 5.30. The van der Waals surface area contributed by atoms with E-state index in [1.807, 2.05) is 0 Å². The lowest BCUT2D eigenvalue weighted by atomic mass is 10.2. The number of carbonyl (C=O) groups is 3. The maximum atomic E-state index is 12.2. The summed E-state index contributed by atoms with van der Waals surface area (Å²) in [5.74, 6) is -1.05. The number of furan rings is 1. The van der Waals surface area contributed by atoms with Crippen LogP contribution in [0.5, 0.6) is 0 Å². The van der Waals surface area contributed by atoms with E-state index in [2.05, 4.69) is 10.9 Å². The molecule has 2 aromatic rings. The number of halogens is 1. The second kappa shape index (κ2) is 6.76. The number of nitrogens with zero attached hydrogens (tertiary/aromatic N) is 1. The maximum absolute atomic E-state index is 12.2. The van der Waals surface area contributed by atoms with Crippen LogP contribution < -0.4 is 15.8 Å². The van der Waals surface area contributed by atoms with Gasteiger partial charge in [0.05, 0.1) is 17.0 Å². The molecule has 0 unspecified atom stereocenters. The molecule has 2 heterocycles. The fraction of sp³-hybridized carbons (Fsp3) is 0.188. The number of hydrazine groups is 1. The Kier molecular flexibility index (Phi) is 4.52. The van der Waals surface area contributed by atoms with Gasteiger partial charge in [0.25, 0.3) is 5.91 Å². The lowest BCUT2D eigenvalue weighted by Crippen LogP contribution is -2.41. The van der Waals surface area contributed by atoms with Crippen molar-refractivity contribution in [1.29, 1.82) is 0 Å². The summed E-state index contributed by atoms with van der Waals surface area (Å²) in [5, 5.41) is 0.390. The molecule has 1 aromatic carbocycles. The largest absolute Gasteiger partial charge is 0.459 e. The molecule has 0 saturated carbocycles. The van der Waals surface area contributed by atoms with Gasteiger partial charge in [-0.25, -0.2) is 0 Å². The zero-order valence-electron chi connectivity index (χ0n) is 12.5. The van der Waals surface area contributed by atoms with Crippen LogP contribution in [-0.4, -0.2) is 24.3 Å². The third-order valence-electron chi connectivity index (χ3n) is 3.61. The van der Waals surface area contributed by atoms with Gasteiger partial charge < -0.3 is 9.32 Å². The predicted molar refractivity (Wildman–Crippen MR) is 86.7 cm³/mol. The molecule has 24 heavy (non-hydrogen) atoms. The maximum Gasteiger partial charge on any atom is 0.305 e. The zero-order valence-corrected chi connectivity index (χ0v) is 13.3. The molecule has 7 nitrogen and oxygen atoms in total. The highest BCUT2D eigenvalue weighted by molar-refractivity contribution is 6.34. The highest BCUT2D eigenvalue weighted by Gasteiger charge is 2.24. The Morgan fingerprint density at radius 2 is 1.96 bits per heavy atom. The number of rotatable bonds is 3. The van der Waals surface area contributed by atoms with E-state index in [1.165, 1.54) is 24.5 Å². The van der Waals surface area contributed by atoms with E-state index in [4.69, 9.17) is 16.0 Å². The molecule has 0 spiro atoms. The topological polar surface area (TPSA) is 91.7 Å². The molecule has 3 rings (SSSR count). The molecule has 124 valence electrons. The standard InChI is InChI=1S/C16H14ClN3O4/c17-11-6-5-10(9-12(11)20-7-1-4-14(20)21)15(22)18-19-16(23)13-3-2-8-24-13/h2-3,5-6,8-9H,1,4,7H2,(H,18,22)(H,19,23). The van der Waals surface area contributed by atoms with Gasteiger partial charge in [-0.3, -0.25) is 25.2 Å². The molecule has 8 heteroatoms. The van der Waals surface area contributed by atoms with Gasteiger partial charge in [0, 0.05) is 18.5 Å². The molecular weight excluding hydrogens is 334 g/mol. The van der Waals surface area contributed by atoms with Crippen LogP contribution >= 0.6 is 11.6 Å². The Bertz CT molecular complexity index is 789. The first-order valence-corrected chi connectivity index (χ1v) is 7.68. The monoisotopic (exact) mass is 347 g/mol. The third-order valence-corrected chi connectivity index (χ3v) is 3.93. The van der Waals surface area contributed by atoms with E-state index in [0.717, 1.165) is 6.42 Å². The minimum atomic E-state index is -0.572. The summed E-state index contributed by atoms with van der Waals surface area (Å²) >= 11 is 6.13. The fourth-order valence-electron chi connectivity index (χ4n) is 2.42. The highest BCUT2D eigenvalue weighted by Crippen LogP contribution is 2.30. The molecule has 1 aliphatic heterocycles. The van der Waals surface area contributed by atoms with Crippen molar-refractivity contribution in [3.8, 4) is 0 Å². The van der Waals surface area contributed by atoms with Crippen molar-refractivity contribution >= 4 is 35.0 Å². The van der Waals surface area contributed by atoms with E-state index in [0.29, 0.717) is 23.7 Å². The first kappa shape index (κ1) is 16.1. The van der Waals surface area contributed by atoms with Crippen molar-refractivity contribution in [1.82, 2.24) is 10.9 Å². The molecule has 1 aromatic heterocycles. The molecule has 1 saturated heterocycles. The Morgan fingerprint density at radius 3 is 2.62 bits per heavy atom. The van der Waals surface area contributed by atoms with Crippen molar-refractivity contribution in [3.63, 3.8) is 0 Å². The van der Waals surface area contributed by atoms with Gasteiger partial charge in [0.1, 0.15) is 0 Å². The average molecular weight is 348 g/mol. The molecule has 0 aliphatic carbocycles. The van der Waals surface area contributed by atoms with Crippen molar-refractivity contribution in [2.75, 3.05) is 11.4 Å². The summed E-state index contributed by atoms with van der Waals surface area (Å²) < 4.78 is 4.92. The molecule has 0 radical (unpaired) electrons. The fourth-order valence-corrected chi connectivity index (χ4v) is 2.64. The summed E-state index contributed by atoms with van der Waals surface area (Å²) in [7, 11) is 0.